The molecule has 0 aliphatic carbocycles. The van der Waals surface area contributed by atoms with Crippen LogP contribution in [0, 0.1) is 0 Å². The lowest BCUT2D eigenvalue weighted by molar-refractivity contribution is 0.0957. The number of anilines is 1. The van der Waals surface area contributed by atoms with Crippen LogP contribution in [0.1, 0.15) is 15.9 Å². The standard InChI is InChI=1S/C23H20N4O3/c1-29-19-12-9-18(10-13-19)16-24-23-25-22(20-8-5-15-30-20)26-27(23)21(28)14-11-17-6-3-2-4-7-17/h2-15H,16H2,1H3,(H,24,25,26). The summed E-state index contributed by atoms with van der Waals surface area (Å²) in [4.78, 5) is 17.2. The molecular weight excluding hydrogens is 380 g/mol. The molecule has 4 aromatic rings. The van der Waals surface area contributed by atoms with E-state index in [9.17, 15) is 4.79 Å². The molecule has 0 saturated carbocycles. The van der Waals surface area contributed by atoms with Crippen molar-refractivity contribution in [3.63, 3.8) is 0 Å². The molecule has 1 N–H and O–H groups in total. The Hall–Kier alpha value is -4.13. The van der Waals surface area contributed by atoms with Gasteiger partial charge in [-0.3, -0.25) is 4.79 Å². The molecule has 7 heteroatoms. The Morgan fingerprint density at radius 1 is 1.10 bits per heavy atom. The molecule has 0 atom stereocenters. The number of rotatable bonds is 7. The Balaban J connectivity index is 1.57. The monoisotopic (exact) mass is 400 g/mol. The predicted octanol–water partition coefficient (Wildman–Crippen LogP) is 4.51. The summed E-state index contributed by atoms with van der Waals surface area (Å²) in [7, 11) is 1.63. The van der Waals surface area contributed by atoms with Gasteiger partial charge in [0.2, 0.25) is 11.8 Å². The lowest BCUT2D eigenvalue weighted by atomic mass is 10.2. The molecule has 0 spiro atoms. The first-order valence-corrected chi connectivity index (χ1v) is 9.38. The fourth-order valence-electron chi connectivity index (χ4n) is 2.82. The van der Waals surface area contributed by atoms with E-state index in [-0.39, 0.29) is 5.91 Å². The average Bonchev–Trinajstić information content (AvgIpc) is 3.47. The molecule has 30 heavy (non-hydrogen) atoms. The lowest BCUT2D eigenvalue weighted by Gasteiger charge is -2.07. The van der Waals surface area contributed by atoms with Gasteiger partial charge in [0.25, 0.3) is 5.91 Å². The zero-order chi connectivity index (χ0) is 20.8. The van der Waals surface area contributed by atoms with Gasteiger partial charge in [0.05, 0.1) is 13.4 Å². The summed E-state index contributed by atoms with van der Waals surface area (Å²) in [6, 6.07) is 20.7. The van der Waals surface area contributed by atoms with Gasteiger partial charge < -0.3 is 14.5 Å². The minimum Gasteiger partial charge on any atom is -0.497 e. The van der Waals surface area contributed by atoms with Crippen molar-refractivity contribution < 1.29 is 13.9 Å². The molecule has 7 nitrogen and oxygen atoms in total. The highest BCUT2D eigenvalue weighted by atomic mass is 16.5. The quantitative estimate of drug-likeness (QED) is 0.460. The van der Waals surface area contributed by atoms with Crippen molar-refractivity contribution >= 4 is 17.9 Å². The molecule has 4 rings (SSSR count). The maximum atomic E-state index is 12.8. The van der Waals surface area contributed by atoms with Gasteiger partial charge in [0.15, 0.2) is 5.76 Å². The van der Waals surface area contributed by atoms with Gasteiger partial charge in [-0.15, -0.1) is 5.10 Å². The third kappa shape index (κ3) is 4.47. The molecule has 2 heterocycles. The van der Waals surface area contributed by atoms with Crippen LogP contribution < -0.4 is 10.1 Å². The summed E-state index contributed by atoms with van der Waals surface area (Å²) in [5, 5.41) is 7.51. The molecule has 0 aliphatic rings. The number of nitrogens with zero attached hydrogens (tertiary/aromatic N) is 3. The maximum absolute atomic E-state index is 12.8. The van der Waals surface area contributed by atoms with E-state index in [2.05, 4.69) is 15.4 Å². The van der Waals surface area contributed by atoms with Crippen LogP contribution in [0.2, 0.25) is 0 Å². The smallest absolute Gasteiger partial charge is 0.274 e. The van der Waals surface area contributed by atoms with Crippen LogP contribution in [0.15, 0.2) is 83.5 Å². The number of carbonyl (C=O) groups is 1. The average molecular weight is 400 g/mol. The number of benzene rings is 2. The fourth-order valence-corrected chi connectivity index (χ4v) is 2.82. The van der Waals surface area contributed by atoms with Gasteiger partial charge in [-0.2, -0.15) is 9.67 Å². The molecular formula is C23H20N4O3. The van der Waals surface area contributed by atoms with Crippen molar-refractivity contribution in [1.29, 1.82) is 0 Å². The van der Waals surface area contributed by atoms with Gasteiger partial charge in [-0.05, 0) is 41.5 Å². The topological polar surface area (TPSA) is 82.2 Å². The molecule has 0 bridgehead atoms. The zero-order valence-electron chi connectivity index (χ0n) is 16.4. The summed E-state index contributed by atoms with van der Waals surface area (Å²) in [5.41, 5.74) is 1.93. The minimum absolute atomic E-state index is 0.318. The summed E-state index contributed by atoms with van der Waals surface area (Å²) < 4.78 is 11.8. The second-order valence-electron chi connectivity index (χ2n) is 6.43. The Morgan fingerprint density at radius 2 is 1.90 bits per heavy atom. The first-order chi connectivity index (χ1) is 14.7. The molecule has 2 aromatic heterocycles. The number of furan rings is 1. The fraction of sp³-hybridized carbons (Fsp3) is 0.0870. The predicted molar refractivity (Wildman–Crippen MR) is 114 cm³/mol. The molecule has 150 valence electrons. The highest BCUT2D eigenvalue weighted by Gasteiger charge is 2.17. The van der Waals surface area contributed by atoms with Crippen LogP contribution in [0.3, 0.4) is 0 Å². The number of methoxy groups -OCH3 is 1. The number of carbonyl (C=O) groups excluding carboxylic acids is 1. The second kappa shape index (κ2) is 8.91. The van der Waals surface area contributed by atoms with E-state index < -0.39 is 0 Å². The van der Waals surface area contributed by atoms with E-state index in [0.717, 1.165) is 16.9 Å². The largest absolute Gasteiger partial charge is 0.497 e. The minimum atomic E-state index is -0.318. The van der Waals surface area contributed by atoms with Crippen molar-refractivity contribution in [1.82, 2.24) is 14.8 Å². The molecule has 0 unspecified atom stereocenters. The van der Waals surface area contributed by atoms with Crippen molar-refractivity contribution in [2.24, 2.45) is 0 Å². The van der Waals surface area contributed by atoms with E-state index in [1.165, 1.54) is 17.0 Å². The molecule has 0 amide bonds. The van der Waals surface area contributed by atoms with Crippen LogP contribution in [0.25, 0.3) is 17.7 Å². The normalized spacial score (nSPS) is 11.0. The number of hydrogen-bond acceptors (Lipinski definition) is 6. The van der Waals surface area contributed by atoms with Crippen LogP contribution in [-0.2, 0) is 6.54 Å². The van der Waals surface area contributed by atoms with Crippen molar-refractivity contribution in [3.8, 4) is 17.3 Å². The van der Waals surface area contributed by atoms with Gasteiger partial charge in [-0.25, -0.2) is 0 Å². The third-order valence-electron chi connectivity index (χ3n) is 4.39. The van der Waals surface area contributed by atoms with Crippen LogP contribution >= 0.6 is 0 Å². The van der Waals surface area contributed by atoms with Crippen LogP contribution in [0.4, 0.5) is 5.95 Å². The van der Waals surface area contributed by atoms with Crippen molar-refractivity contribution in [2.45, 2.75) is 6.54 Å². The summed E-state index contributed by atoms with van der Waals surface area (Å²) >= 11 is 0. The molecule has 0 saturated heterocycles. The maximum Gasteiger partial charge on any atom is 0.274 e. The van der Waals surface area contributed by atoms with Crippen LogP contribution in [-0.4, -0.2) is 27.8 Å². The van der Waals surface area contributed by atoms with Gasteiger partial charge in [-0.1, -0.05) is 42.5 Å². The van der Waals surface area contributed by atoms with Gasteiger partial charge in [0.1, 0.15) is 5.75 Å². The first kappa shape index (κ1) is 19.2. The Morgan fingerprint density at radius 3 is 2.60 bits per heavy atom. The van der Waals surface area contributed by atoms with Crippen LogP contribution in [0.5, 0.6) is 5.75 Å². The van der Waals surface area contributed by atoms with Crippen molar-refractivity contribution in [3.05, 3.63) is 90.2 Å². The zero-order valence-corrected chi connectivity index (χ0v) is 16.4. The lowest BCUT2D eigenvalue weighted by Crippen LogP contribution is -2.14. The molecule has 2 aromatic carbocycles. The number of nitrogens with one attached hydrogen (secondary N) is 1. The number of aromatic nitrogens is 3. The summed E-state index contributed by atoms with van der Waals surface area (Å²) in [6.45, 7) is 0.468. The van der Waals surface area contributed by atoms with E-state index in [1.807, 2.05) is 54.6 Å². The van der Waals surface area contributed by atoms with Gasteiger partial charge in [0, 0.05) is 12.6 Å². The van der Waals surface area contributed by atoms with Gasteiger partial charge >= 0.3 is 0 Å². The Labute approximate surface area is 173 Å². The Bertz CT molecular complexity index is 1130. The highest BCUT2D eigenvalue weighted by molar-refractivity contribution is 5.94. The van der Waals surface area contributed by atoms with E-state index >= 15 is 0 Å². The molecule has 0 fully saturated rings. The third-order valence-corrected chi connectivity index (χ3v) is 4.39. The first-order valence-electron chi connectivity index (χ1n) is 9.38. The SMILES string of the molecule is COc1ccc(CNc2nc(-c3ccco3)nn2C(=O)C=Cc2ccccc2)cc1. The van der Waals surface area contributed by atoms with E-state index in [4.69, 9.17) is 9.15 Å². The highest BCUT2D eigenvalue weighted by Crippen LogP contribution is 2.19. The Kier molecular flexibility index (Phi) is 5.70. The summed E-state index contributed by atoms with van der Waals surface area (Å²) in [5.74, 6) is 1.62. The number of allylic oxidation sites excluding steroid dienone is 1. The van der Waals surface area contributed by atoms with Crippen molar-refractivity contribution in [2.75, 3.05) is 12.4 Å². The van der Waals surface area contributed by atoms with E-state index in [0.29, 0.717) is 24.1 Å². The summed E-state index contributed by atoms with van der Waals surface area (Å²) in [6.07, 6.45) is 4.75. The molecule has 0 aliphatic heterocycles. The number of hydrogen-bond donors (Lipinski definition) is 1. The van der Waals surface area contributed by atoms with E-state index in [1.54, 1.807) is 25.3 Å². The molecule has 0 radical (unpaired) electrons. The second-order valence-corrected chi connectivity index (χ2v) is 6.43. The number of ether oxygens (including phenoxy) is 1.